The van der Waals surface area contributed by atoms with Crippen molar-refractivity contribution >= 4 is 43.9 Å². The molecule has 0 aliphatic carbocycles. The van der Waals surface area contributed by atoms with Crippen molar-refractivity contribution in [1.82, 2.24) is 0 Å². The Morgan fingerprint density at radius 2 is 0.929 bits per heavy atom. The van der Waals surface area contributed by atoms with Gasteiger partial charge in [-0.15, -0.1) is 0 Å². The van der Waals surface area contributed by atoms with Gasteiger partial charge in [-0.2, -0.15) is 10.5 Å². The van der Waals surface area contributed by atoms with Gasteiger partial charge in [0.15, 0.2) is 0 Å². The number of furan rings is 2. The molecule has 0 spiro atoms. The molecule has 8 rings (SSSR count). The normalized spacial score (nSPS) is 11.3. The molecule has 0 amide bonds. The first-order valence-electron chi connectivity index (χ1n) is 13.6. The Morgan fingerprint density at radius 3 is 1.50 bits per heavy atom. The van der Waals surface area contributed by atoms with Crippen molar-refractivity contribution in [3.8, 4) is 45.5 Å². The quantitative estimate of drug-likeness (QED) is 0.225. The molecule has 0 aliphatic heterocycles. The van der Waals surface area contributed by atoms with Crippen molar-refractivity contribution in [2.45, 2.75) is 0 Å². The molecule has 2 aromatic heterocycles. The predicted octanol–water partition coefficient (Wildman–Crippen LogP) is 10.2. The van der Waals surface area contributed by atoms with E-state index in [0.717, 1.165) is 77.3 Å². The monoisotopic (exact) mass is 536 g/mol. The Bertz CT molecular complexity index is 2430. The van der Waals surface area contributed by atoms with E-state index in [1.54, 1.807) is 12.1 Å². The Morgan fingerprint density at radius 1 is 0.429 bits per heavy atom. The molecule has 0 bridgehead atoms. The number of benzene rings is 6. The lowest BCUT2D eigenvalue weighted by Crippen LogP contribution is -1.94. The number of hydrogen-bond acceptors (Lipinski definition) is 4. The summed E-state index contributed by atoms with van der Waals surface area (Å²) in [4.78, 5) is 0. The van der Waals surface area contributed by atoms with Crippen LogP contribution in [0.1, 0.15) is 11.1 Å². The van der Waals surface area contributed by atoms with E-state index < -0.39 is 0 Å². The lowest BCUT2D eigenvalue weighted by Gasteiger charge is -2.16. The third kappa shape index (κ3) is 3.60. The SMILES string of the molecule is N#Cc1ccc(-c2c(-c3ccc4oc5ccccc5c4c3)ccc(-c3ccc4oc5ccccc5c4c3)c2C#N)cc1. The highest BCUT2D eigenvalue weighted by Gasteiger charge is 2.20. The van der Waals surface area contributed by atoms with Crippen LogP contribution in [0.3, 0.4) is 0 Å². The zero-order valence-corrected chi connectivity index (χ0v) is 22.3. The first kappa shape index (κ1) is 23.8. The van der Waals surface area contributed by atoms with Crippen LogP contribution in [-0.2, 0) is 0 Å². The summed E-state index contributed by atoms with van der Waals surface area (Å²) in [6.45, 7) is 0. The largest absolute Gasteiger partial charge is 0.456 e. The summed E-state index contributed by atoms with van der Waals surface area (Å²) in [5, 5.41) is 24.2. The molecular weight excluding hydrogens is 516 g/mol. The van der Waals surface area contributed by atoms with E-state index in [1.807, 2.05) is 78.9 Å². The third-order valence-corrected chi connectivity index (χ3v) is 8.00. The number of fused-ring (bicyclic) bond motifs is 6. The second-order valence-corrected chi connectivity index (χ2v) is 10.3. The van der Waals surface area contributed by atoms with Gasteiger partial charge in [0.2, 0.25) is 0 Å². The van der Waals surface area contributed by atoms with Crippen LogP contribution in [0.2, 0.25) is 0 Å². The number of hydrogen-bond donors (Lipinski definition) is 0. The summed E-state index contributed by atoms with van der Waals surface area (Å²) in [6, 6.07) is 44.5. The summed E-state index contributed by atoms with van der Waals surface area (Å²) in [7, 11) is 0. The third-order valence-electron chi connectivity index (χ3n) is 8.00. The van der Waals surface area contributed by atoms with Crippen LogP contribution < -0.4 is 0 Å². The highest BCUT2D eigenvalue weighted by molar-refractivity contribution is 6.08. The fourth-order valence-electron chi connectivity index (χ4n) is 6.00. The molecule has 4 nitrogen and oxygen atoms in total. The molecule has 0 aliphatic rings. The number of rotatable bonds is 3. The molecule has 0 N–H and O–H groups in total. The van der Waals surface area contributed by atoms with Gasteiger partial charge in [0.25, 0.3) is 0 Å². The maximum absolute atomic E-state index is 10.7. The van der Waals surface area contributed by atoms with E-state index in [0.29, 0.717) is 11.1 Å². The summed E-state index contributed by atoms with van der Waals surface area (Å²) in [5.74, 6) is 0. The zero-order chi connectivity index (χ0) is 28.2. The molecule has 0 unspecified atom stereocenters. The zero-order valence-electron chi connectivity index (χ0n) is 22.3. The average molecular weight is 537 g/mol. The van der Waals surface area contributed by atoms with Crippen LogP contribution in [0.4, 0.5) is 0 Å². The smallest absolute Gasteiger partial charge is 0.135 e. The first-order valence-corrected chi connectivity index (χ1v) is 13.6. The highest BCUT2D eigenvalue weighted by atomic mass is 16.3. The van der Waals surface area contributed by atoms with Crippen molar-refractivity contribution in [3.05, 3.63) is 132 Å². The number of para-hydroxylation sites is 2. The fourth-order valence-corrected chi connectivity index (χ4v) is 6.00. The maximum Gasteiger partial charge on any atom is 0.135 e. The van der Waals surface area contributed by atoms with Crippen LogP contribution >= 0.6 is 0 Å². The molecule has 194 valence electrons. The van der Waals surface area contributed by atoms with Crippen LogP contribution in [0, 0.1) is 22.7 Å². The topological polar surface area (TPSA) is 73.9 Å². The summed E-state index contributed by atoms with van der Waals surface area (Å²) >= 11 is 0. The van der Waals surface area contributed by atoms with Gasteiger partial charge in [0.1, 0.15) is 28.4 Å². The summed E-state index contributed by atoms with van der Waals surface area (Å²) in [6.07, 6.45) is 0. The fraction of sp³-hybridized carbons (Fsp3) is 0. The van der Waals surface area contributed by atoms with E-state index in [9.17, 15) is 10.5 Å². The minimum atomic E-state index is 0.568. The number of nitrogens with zero attached hydrogens (tertiary/aromatic N) is 2. The molecule has 0 saturated heterocycles. The minimum Gasteiger partial charge on any atom is -0.456 e. The Hall–Kier alpha value is -6.10. The van der Waals surface area contributed by atoms with Crippen LogP contribution in [0.15, 0.2) is 130 Å². The first-order chi connectivity index (χ1) is 20.7. The van der Waals surface area contributed by atoms with E-state index in [1.165, 1.54) is 0 Å². The summed E-state index contributed by atoms with van der Waals surface area (Å²) in [5.41, 5.74) is 9.81. The highest BCUT2D eigenvalue weighted by Crippen LogP contribution is 2.42. The molecular formula is C38H20N2O2. The van der Waals surface area contributed by atoms with Crippen molar-refractivity contribution in [1.29, 1.82) is 10.5 Å². The molecule has 0 saturated carbocycles. The summed E-state index contributed by atoms with van der Waals surface area (Å²) < 4.78 is 12.1. The van der Waals surface area contributed by atoms with Crippen molar-refractivity contribution in [3.63, 3.8) is 0 Å². The van der Waals surface area contributed by atoms with Gasteiger partial charge in [-0.05, 0) is 70.8 Å². The maximum atomic E-state index is 10.7. The molecule has 42 heavy (non-hydrogen) atoms. The van der Waals surface area contributed by atoms with Gasteiger partial charge in [-0.3, -0.25) is 0 Å². The van der Waals surface area contributed by atoms with Crippen LogP contribution in [-0.4, -0.2) is 0 Å². The molecule has 2 heterocycles. The lowest BCUT2D eigenvalue weighted by atomic mass is 9.85. The second-order valence-electron chi connectivity index (χ2n) is 10.3. The van der Waals surface area contributed by atoms with Gasteiger partial charge in [-0.1, -0.05) is 72.8 Å². The van der Waals surface area contributed by atoms with E-state index in [-0.39, 0.29) is 0 Å². The molecule has 8 aromatic rings. The van der Waals surface area contributed by atoms with E-state index >= 15 is 0 Å². The number of nitriles is 2. The van der Waals surface area contributed by atoms with Crippen molar-refractivity contribution < 1.29 is 8.83 Å². The van der Waals surface area contributed by atoms with Gasteiger partial charge in [0.05, 0.1) is 17.2 Å². The van der Waals surface area contributed by atoms with Gasteiger partial charge < -0.3 is 8.83 Å². The Balaban J connectivity index is 1.39. The van der Waals surface area contributed by atoms with Crippen molar-refractivity contribution in [2.75, 3.05) is 0 Å². The second kappa shape index (κ2) is 9.24. The average Bonchev–Trinajstić information content (AvgIpc) is 3.61. The molecule has 0 radical (unpaired) electrons. The molecule has 0 fully saturated rings. The lowest BCUT2D eigenvalue weighted by molar-refractivity contribution is 0.668. The predicted molar refractivity (Wildman–Crippen MR) is 167 cm³/mol. The van der Waals surface area contributed by atoms with E-state index in [4.69, 9.17) is 8.83 Å². The van der Waals surface area contributed by atoms with Crippen LogP contribution in [0.25, 0.3) is 77.3 Å². The van der Waals surface area contributed by atoms with Gasteiger partial charge in [0, 0.05) is 32.7 Å². The van der Waals surface area contributed by atoms with Gasteiger partial charge >= 0.3 is 0 Å². The Labute approximate surface area is 240 Å². The van der Waals surface area contributed by atoms with Gasteiger partial charge in [-0.25, -0.2) is 0 Å². The molecule has 6 aromatic carbocycles. The standard InChI is InChI=1S/C38H20N2O2/c39-21-23-9-11-24(12-10-23)38-28(26-14-18-37-32(20-26)30-6-2-4-8-35(30)42-37)16-15-27(33(38)22-40)25-13-17-36-31(19-25)29-5-1-3-7-34(29)41-36/h1-20H. The molecule has 4 heteroatoms. The van der Waals surface area contributed by atoms with Crippen molar-refractivity contribution in [2.24, 2.45) is 0 Å². The van der Waals surface area contributed by atoms with E-state index in [2.05, 4.69) is 42.5 Å². The minimum absolute atomic E-state index is 0.568. The molecule has 0 atom stereocenters. The Kier molecular flexibility index (Phi) is 5.22. The van der Waals surface area contributed by atoms with Crippen LogP contribution in [0.5, 0.6) is 0 Å².